The van der Waals surface area contributed by atoms with E-state index in [9.17, 15) is 4.39 Å². The third-order valence-electron chi connectivity index (χ3n) is 3.52. The highest BCUT2D eigenvalue weighted by Gasteiger charge is 2.15. The summed E-state index contributed by atoms with van der Waals surface area (Å²) in [6, 6.07) is 5.37. The quantitative estimate of drug-likeness (QED) is 0.870. The summed E-state index contributed by atoms with van der Waals surface area (Å²) in [5.74, 6) is 0.0000329. The Kier molecular flexibility index (Phi) is 5.64. The first-order valence-electron chi connectivity index (χ1n) is 7.00. The molecule has 0 heterocycles. The minimum atomic E-state index is -0.312. The predicted octanol–water partition coefficient (Wildman–Crippen LogP) is 4.28. The van der Waals surface area contributed by atoms with Gasteiger partial charge in [-0.15, -0.1) is 0 Å². The lowest BCUT2D eigenvalue weighted by Gasteiger charge is -2.25. The monoisotopic (exact) mass is 329 g/mol. The van der Waals surface area contributed by atoms with Crippen LogP contribution in [0, 0.1) is 5.82 Å². The van der Waals surface area contributed by atoms with Gasteiger partial charge in [0.25, 0.3) is 0 Å². The molecule has 0 bridgehead atoms. The van der Waals surface area contributed by atoms with E-state index in [1.165, 1.54) is 38.2 Å². The predicted molar refractivity (Wildman–Crippen MR) is 79.1 cm³/mol. The van der Waals surface area contributed by atoms with Gasteiger partial charge in [-0.25, -0.2) is 4.39 Å². The van der Waals surface area contributed by atoms with Crippen LogP contribution >= 0.6 is 15.9 Å². The summed E-state index contributed by atoms with van der Waals surface area (Å²) in [5, 5.41) is 3.52. The molecule has 1 N–H and O–H groups in total. The lowest BCUT2D eigenvalue weighted by molar-refractivity contribution is 0.197. The first-order chi connectivity index (χ1) is 9.15. The van der Waals surface area contributed by atoms with E-state index in [1.54, 1.807) is 12.1 Å². The molecule has 1 aromatic rings. The van der Waals surface area contributed by atoms with Crippen molar-refractivity contribution in [2.75, 3.05) is 6.54 Å². The third kappa shape index (κ3) is 4.77. The van der Waals surface area contributed by atoms with Crippen LogP contribution in [-0.2, 0) is 0 Å². The minimum absolute atomic E-state index is 0.0364. The van der Waals surface area contributed by atoms with E-state index >= 15 is 0 Å². The molecule has 1 aliphatic carbocycles. The molecule has 0 amide bonds. The summed E-state index contributed by atoms with van der Waals surface area (Å²) < 4.78 is 20.0. The molecule has 0 aromatic heterocycles. The second-order valence-corrected chi connectivity index (χ2v) is 6.16. The van der Waals surface area contributed by atoms with E-state index in [0.717, 1.165) is 11.0 Å². The summed E-state index contributed by atoms with van der Waals surface area (Å²) in [5.41, 5.74) is 0. The number of hydrogen-bond acceptors (Lipinski definition) is 2. The Hall–Kier alpha value is -0.610. The number of hydrogen-bond donors (Lipinski definition) is 1. The van der Waals surface area contributed by atoms with Crippen LogP contribution in [0.3, 0.4) is 0 Å². The topological polar surface area (TPSA) is 21.3 Å². The zero-order chi connectivity index (χ0) is 13.7. The maximum Gasteiger partial charge on any atom is 0.165 e. The van der Waals surface area contributed by atoms with Crippen molar-refractivity contribution in [1.29, 1.82) is 0 Å². The van der Waals surface area contributed by atoms with Crippen molar-refractivity contribution in [3.8, 4) is 5.75 Å². The summed E-state index contributed by atoms with van der Waals surface area (Å²) in [6.07, 6.45) is 6.44. The van der Waals surface area contributed by atoms with Crippen LogP contribution in [0.15, 0.2) is 22.7 Å². The van der Waals surface area contributed by atoms with Gasteiger partial charge < -0.3 is 10.1 Å². The molecule has 0 spiro atoms. The average molecular weight is 330 g/mol. The van der Waals surface area contributed by atoms with Crippen molar-refractivity contribution in [2.45, 2.75) is 51.2 Å². The fourth-order valence-electron chi connectivity index (χ4n) is 2.47. The van der Waals surface area contributed by atoms with Crippen molar-refractivity contribution < 1.29 is 9.13 Å². The van der Waals surface area contributed by atoms with Gasteiger partial charge in [-0.1, -0.05) is 35.2 Å². The molecule has 1 saturated carbocycles. The maximum absolute atomic E-state index is 13.6. The zero-order valence-electron chi connectivity index (χ0n) is 11.3. The Morgan fingerprint density at radius 3 is 2.84 bits per heavy atom. The van der Waals surface area contributed by atoms with Gasteiger partial charge in [0.2, 0.25) is 0 Å². The third-order valence-corrected chi connectivity index (χ3v) is 4.01. The van der Waals surface area contributed by atoms with Gasteiger partial charge in [-0.05, 0) is 38.0 Å². The molecule has 1 atom stereocenters. The molecule has 0 saturated heterocycles. The number of rotatable bonds is 5. The van der Waals surface area contributed by atoms with Crippen molar-refractivity contribution in [3.63, 3.8) is 0 Å². The van der Waals surface area contributed by atoms with Crippen molar-refractivity contribution in [2.24, 2.45) is 0 Å². The van der Waals surface area contributed by atoms with Crippen LogP contribution in [0.25, 0.3) is 0 Å². The Morgan fingerprint density at radius 1 is 1.37 bits per heavy atom. The van der Waals surface area contributed by atoms with Gasteiger partial charge in [0.1, 0.15) is 6.10 Å². The Balaban J connectivity index is 1.80. The fraction of sp³-hybridized carbons (Fsp3) is 0.600. The molecule has 2 rings (SSSR count). The van der Waals surface area contributed by atoms with Gasteiger partial charge in [-0.3, -0.25) is 0 Å². The molecule has 1 unspecified atom stereocenters. The Labute approximate surface area is 122 Å². The normalized spacial score (nSPS) is 18.3. The average Bonchev–Trinajstić information content (AvgIpc) is 2.42. The van der Waals surface area contributed by atoms with Crippen LogP contribution in [0.4, 0.5) is 4.39 Å². The molecule has 2 nitrogen and oxygen atoms in total. The molecule has 0 radical (unpaired) electrons. The SMILES string of the molecule is CC(CNC1CCCCC1)Oc1cc(Br)ccc1F. The van der Waals surface area contributed by atoms with E-state index < -0.39 is 0 Å². The van der Waals surface area contributed by atoms with Gasteiger partial charge >= 0.3 is 0 Å². The van der Waals surface area contributed by atoms with Crippen molar-refractivity contribution in [3.05, 3.63) is 28.5 Å². The Morgan fingerprint density at radius 2 is 2.11 bits per heavy atom. The smallest absolute Gasteiger partial charge is 0.165 e. The molecule has 1 aliphatic rings. The summed E-state index contributed by atoms with van der Waals surface area (Å²) >= 11 is 3.33. The molecule has 1 aromatic carbocycles. The highest BCUT2D eigenvalue weighted by atomic mass is 79.9. The van der Waals surface area contributed by atoms with Gasteiger partial charge in [0.15, 0.2) is 11.6 Å². The molecular weight excluding hydrogens is 309 g/mol. The summed E-state index contributed by atoms with van der Waals surface area (Å²) in [4.78, 5) is 0. The van der Waals surface area contributed by atoms with E-state index in [2.05, 4.69) is 21.2 Å². The van der Waals surface area contributed by atoms with Crippen LogP contribution in [0.5, 0.6) is 5.75 Å². The number of halogens is 2. The van der Waals surface area contributed by atoms with E-state index in [-0.39, 0.29) is 11.9 Å². The Bertz CT molecular complexity index is 407. The number of benzene rings is 1. The summed E-state index contributed by atoms with van der Waals surface area (Å²) in [7, 11) is 0. The second-order valence-electron chi connectivity index (χ2n) is 5.25. The largest absolute Gasteiger partial charge is 0.486 e. The van der Waals surface area contributed by atoms with Crippen molar-refractivity contribution >= 4 is 15.9 Å². The van der Waals surface area contributed by atoms with E-state index in [0.29, 0.717) is 11.8 Å². The summed E-state index contributed by atoms with van der Waals surface area (Å²) in [6.45, 7) is 2.73. The molecule has 4 heteroatoms. The van der Waals surface area contributed by atoms with Crippen LogP contribution < -0.4 is 10.1 Å². The van der Waals surface area contributed by atoms with Gasteiger partial charge in [0, 0.05) is 17.1 Å². The van der Waals surface area contributed by atoms with Crippen LogP contribution in [-0.4, -0.2) is 18.7 Å². The lowest BCUT2D eigenvalue weighted by Crippen LogP contribution is -2.37. The number of nitrogens with one attached hydrogen (secondary N) is 1. The van der Waals surface area contributed by atoms with Crippen LogP contribution in [0.2, 0.25) is 0 Å². The minimum Gasteiger partial charge on any atom is -0.486 e. The molecule has 106 valence electrons. The standard InChI is InChI=1S/C15H21BrFNO/c1-11(10-18-13-5-3-2-4-6-13)19-15-9-12(16)7-8-14(15)17/h7-9,11,13,18H,2-6,10H2,1H3. The maximum atomic E-state index is 13.6. The highest BCUT2D eigenvalue weighted by Crippen LogP contribution is 2.23. The molecule has 0 aliphatic heterocycles. The van der Waals surface area contributed by atoms with E-state index in [4.69, 9.17) is 4.74 Å². The first-order valence-corrected chi connectivity index (χ1v) is 7.79. The lowest BCUT2D eigenvalue weighted by atomic mass is 9.95. The van der Waals surface area contributed by atoms with Crippen LogP contribution in [0.1, 0.15) is 39.0 Å². The van der Waals surface area contributed by atoms with Gasteiger partial charge in [-0.2, -0.15) is 0 Å². The highest BCUT2D eigenvalue weighted by molar-refractivity contribution is 9.10. The fourth-order valence-corrected chi connectivity index (χ4v) is 2.81. The molecule has 1 fully saturated rings. The zero-order valence-corrected chi connectivity index (χ0v) is 12.9. The van der Waals surface area contributed by atoms with Gasteiger partial charge in [0.05, 0.1) is 0 Å². The molecular formula is C15H21BrFNO. The van der Waals surface area contributed by atoms with E-state index in [1.807, 2.05) is 6.92 Å². The number of ether oxygens (including phenoxy) is 1. The first kappa shape index (κ1) is 14.8. The second kappa shape index (κ2) is 7.25. The molecule has 19 heavy (non-hydrogen) atoms. The van der Waals surface area contributed by atoms with Crippen molar-refractivity contribution in [1.82, 2.24) is 5.32 Å².